The van der Waals surface area contributed by atoms with Gasteiger partial charge in [-0.2, -0.15) is 0 Å². The summed E-state index contributed by atoms with van der Waals surface area (Å²) in [5.41, 5.74) is 1.14. The molecule has 1 aliphatic rings. The van der Waals surface area contributed by atoms with Gasteiger partial charge in [-0.15, -0.1) is 0 Å². The highest BCUT2D eigenvalue weighted by Gasteiger charge is 2.35. The van der Waals surface area contributed by atoms with Crippen LogP contribution in [0.1, 0.15) is 32.3 Å². The molecule has 0 N–H and O–H groups in total. The van der Waals surface area contributed by atoms with Crippen LogP contribution in [0.4, 0.5) is 0 Å². The number of rotatable bonds is 4. The van der Waals surface area contributed by atoms with E-state index in [9.17, 15) is 4.79 Å². The highest BCUT2D eigenvalue weighted by Crippen LogP contribution is 2.27. The molecule has 1 aliphatic heterocycles. The monoisotopic (exact) mass is 248 g/mol. The van der Waals surface area contributed by atoms with Crippen molar-refractivity contribution in [1.29, 1.82) is 0 Å². The van der Waals surface area contributed by atoms with Crippen LogP contribution in [0.15, 0.2) is 30.3 Å². The standard InChI is InChI=1S/C15H20O3/c1-3-13-11(2)14(9-15(16)18-13)17-10-12-7-5-4-6-8-12/h4-8,11,13-14H,3,9-10H2,1-2H3/t11-,13+,14+/m0/s1. The maximum Gasteiger partial charge on any atom is 0.308 e. The molecule has 1 aromatic carbocycles. The molecule has 2 rings (SSSR count). The molecule has 0 radical (unpaired) electrons. The van der Waals surface area contributed by atoms with Crippen molar-refractivity contribution < 1.29 is 14.3 Å². The molecule has 0 spiro atoms. The Labute approximate surface area is 108 Å². The first-order valence-electron chi connectivity index (χ1n) is 6.55. The fourth-order valence-corrected chi connectivity index (χ4v) is 2.36. The highest BCUT2D eigenvalue weighted by molar-refractivity contribution is 5.71. The lowest BCUT2D eigenvalue weighted by Gasteiger charge is -2.34. The van der Waals surface area contributed by atoms with Gasteiger partial charge in [-0.3, -0.25) is 4.79 Å². The quantitative estimate of drug-likeness (QED) is 0.768. The van der Waals surface area contributed by atoms with Crippen LogP contribution in [0.3, 0.4) is 0 Å². The zero-order valence-corrected chi connectivity index (χ0v) is 11.0. The highest BCUT2D eigenvalue weighted by atomic mass is 16.6. The van der Waals surface area contributed by atoms with E-state index in [0.29, 0.717) is 13.0 Å². The normalized spacial score (nSPS) is 27.9. The van der Waals surface area contributed by atoms with Crippen molar-refractivity contribution in [2.24, 2.45) is 5.92 Å². The minimum Gasteiger partial charge on any atom is -0.462 e. The molecule has 0 amide bonds. The Morgan fingerprint density at radius 1 is 1.33 bits per heavy atom. The Morgan fingerprint density at radius 3 is 2.72 bits per heavy atom. The zero-order chi connectivity index (χ0) is 13.0. The lowest BCUT2D eigenvalue weighted by atomic mass is 9.91. The number of benzene rings is 1. The van der Waals surface area contributed by atoms with Gasteiger partial charge in [0.15, 0.2) is 0 Å². The van der Waals surface area contributed by atoms with Gasteiger partial charge in [0.1, 0.15) is 6.10 Å². The summed E-state index contributed by atoms with van der Waals surface area (Å²) in [6.45, 7) is 4.68. The molecule has 18 heavy (non-hydrogen) atoms. The summed E-state index contributed by atoms with van der Waals surface area (Å²) >= 11 is 0. The van der Waals surface area contributed by atoms with Crippen molar-refractivity contribution in [3.63, 3.8) is 0 Å². The van der Waals surface area contributed by atoms with Crippen molar-refractivity contribution in [3.8, 4) is 0 Å². The van der Waals surface area contributed by atoms with Gasteiger partial charge in [0, 0.05) is 5.92 Å². The molecule has 1 aromatic rings. The first-order chi connectivity index (χ1) is 8.70. The van der Waals surface area contributed by atoms with Crippen LogP contribution in [0.25, 0.3) is 0 Å². The molecular weight excluding hydrogens is 228 g/mol. The second-order valence-corrected chi connectivity index (χ2v) is 4.83. The van der Waals surface area contributed by atoms with E-state index in [1.807, 2.05) is 37.3 Å². The van der Waals surface area contributed by atoms with Crippen LogP contribution in [0.5, 0.6) is 0 Å². The van der Waals surface area contributed by atoms with E-state index >= 15 is 0 Å². The van der Waals surface area contributed by atoms with Crippen LogP contribution in [-0.4, -0.2) is 18.2 Å². The summed E-state index contributed by atoms with van der Waals surface area (Å²) in [7, 11) is 0. The number of carbonyl (C=O) groups is 1. The van der Waals surface area contributed by atoms with E-state index in [4.69, 9.17) is 9.47 Å². The van der Waals surface area contributed by atoms with Crippen molar-refractivity contribution in [3.05, 3.63) is 35.9 Å². The molecule has 0 saturated carbocycles. The van der Waals surface area contributed by atoms with E-state index in [2.05, 4.69) is 6.92 Å². The Hall–Kier alpha value is -1.35. The van der Waals surface area contributed by atoms with Gasteiger partial charge in [-0.1, -0.05) is 44.2 Å². The van der Waals surface area contributed by atoms with Crippen LogP contribution in [0.2, 0.25) is 0 Å². The Kier molecular flexibility index (Phi) is 4.37. The van der Waals surface area contributed by atoms with Gasteiger partial charge >= 0.3 is 5.97 Å². The molecule has 0 unspecified atom stereocenters. The summed E-state index contributed by atoms with van der Waals surface area (Å²) in [6, 6.07) is 10.0. The van der Waals surface area contributed by atoms with E-state index in [-0.39, 0.29) is 24.1 Å². The van der Waals surface area contributed by atoms with E-state index in [1.165, 1.54) is 0 Å². The van der Waals surface area contributed by atoms with E-state index in [1.54, 1.807) is 0 Å². The van der Waals surface area contributed by atoms with Gasteiger partial charge in [0.05, 0.1) is 19.1 Å². The van der Waals surface area contributed by atoms with Crippen molar-refractivity contribution >= 4 is 5.97 Å². The summed E-state index contributed by atoms with van der Waals surface area (Å²) < 4.78 is 11.2. The minimum absolute atomic E-state index is 0.00739. The summed E-state index contributed by atoms with van der Waals surface area (Å²) in [5.74, 6) is 0.120. The molecule has 3 heteroatoms. The molecule has 0 aromatic heterocycles. The lowest BCUT2D eigenvalue weighted by Crippen LogP contribution is -2.41. The fraction of sp³-hybridized carbons (Fsp3) is 0.533. The fourth-order valence-electron chi connectivity index (χ4n) is 2.36. The maximum absolute atomic E-state index is 11.5. The zero-order valence-electron chi connectivity index (χ0n) is 11.0. The molecule has 1 heterocycles. The van der Waals surface area contributed by atoms with Gasteiger partial charge in [0.25, 0.3) is 0 Å². The van der Waals surface area contributed by atoms with Crippen LogP contribution in [0, 0.1) is 5.92 Å². The topological polar surface area (TPSA) is 35.5 Å². The summed E-state index contributed by atoms with van der Waals surface area (Å²) in [4.78, 5) is 11.5. The number of carbonyl (C=O) groups excluding carboxylic acids is 1. The first-order valence-corrected chi connectivity index (χ1v) is 6.55. The van der Waals surface area contributed by atoms with E-state index in [0.717, 1.165) is 12.0 Å². The van der Waals surface area contributed by atoms with Gasteiger partial charge in [-0.05, 0) is 12.0 Å². The Bertz CT molecular complexity index is 388. The molecule has 1 saturated heterocycles. The average Bonchev–Trinajstić information content (AvgIpc) is 2.40. The van der Waals surface area contributed by atoms with Gasteiger partial charge in [0.2, 0.25) is 0 Å². The molecule has 1 fully saturated rings. The largest absolute Gasteiger partial charge is 0.462 e. The third-order valence-corrected chi connectivity index (χ3v) is 3.53. The molecule has 98 valence electrons. The first kappa shape index (κ1) is 13.1. The third kappa shape index (κ3) is 3.10. The van der Waals surface area contributed by atoms with Gasteiger partial charge < -0.3 is 9.47 Å². The second kappa shape index (κ2) is 6.01. The molecule has 3 nitrogen and oxygen atoms in total. The maximum atomic E-state index is 11.5. The minimum atomic E-state index is -0.141. The van der Waals surface area contributed by atoms with Crippen LogP contribution >= 0.6 is 0 Å². The average molecular weight is 248 g/mol. The molecule has 3 atom stereocenters. The molecular formula is C15H20O3. The summed E-state index contributed by atoms with van der Waals surface area (Å²) in [5, 5.41) is 0. The third-order valence-electron chi connectivity index (χ3n) is 3.53. The summed E-state index contributed by atoms with van der Waals surface area (Å²) in [6.07, 6.45) is 1.17. The number of hydrogen-bond donors (Lipinski definition) is 0. The lowest BCUT2D eigenvalue weighted by molar-refractivity contribution is -0.172. The van der Waals surface area contributed by atoms with Crippen molar-refractivity contribution in [2.75, 3.05) is 0 Å². The van der Waals surface area contributed by atoms with Crippen molar-refractivity contribution in [1.82, 2.24) is 0 Å². The Balaban J connectivity index is 1.93. The predicted molar refractivity (Wildman–Crippen MR) is 69.0 cm³/mol. The number of ether oxygens (including phenoxy) is 2. The number of esters is 1. The van der Waals surface area contributed by atoms with Crippen LogP contribution in [-0.2, 0) is 20.9 Å². The number of cyclic esters (lactones) is 1. The SMILES string of the molecule is CC[C@H]1OC(=O)C[C@@H](OCc2ccccc2)[C@H]1C. The molecule has 0 aliphatic carbocycles. The van der Waals surface area contributed by atoms with E-state index < -0.39 is 0 Å². The Morgan fingerprint density at radius 2 is 2.06 bits per heavy atom. The predicted octanol–water partition coefficient (Wildman–Crippen LogP) is 2.93. The van der Waals surface area contributed by atoms with Crippen LogP contribution < -0.4 is 0 Å². The molecule has 0 bridgehead atoms. The van der Waals surface area contributed by atoms with Crippen molar-refractivity contribution in [2.45, 2.75) is 45.5 Å². The smallest absolute Gasteiger partial charge is 0.308 e. The second-order valence-electron chi connectivity index (χ2n) is 4.83. The van der Waals surface area contributed by atoms with Gasteiger partial charge in [-0.25, -0.2) is 0 Å². The number of hydrogen-bond acceptors (Lipinski definition) is 3.